The van der Waals surface area contributed by atoms with E-state index in [1.165, 1.54) is 0 Å². The summed E-state index contributed by atoms with van der Waals surface area (Å²) in [4.78, 5) is 184. The molecule has 0 fully saturated rings. The Bertz CT molecular complexity index is 2230. The standard InChI is InChI=1S/C45H79N17O19/c1-19(65)33(42(79)54-22(17-63)15-32(71)72)61-39(76)26(10-12-30(49)69)57-44(81)35(21(3)67)62-38(75)25(9-11-29(48)68)55-41(78)28(18-64)59-40(77)27(16-31(50)70)58-37(74)24(8-6-14-53-45(51)52)56-43(80)34(20(2)66)60-36(73)23(47)7-4-5-13-46/h17,19-28,33-35,64-67H,4-16,18,46-47H2,1-3H3,(H2,48,68)(H2,49,69)(H2,50,70)(H,54,79)(H,55,78)(H,56,80)(H,57,81)(H,58,74)(H,59,77)(H,60,73)(H,61,76)(H,62,75)(H,71,72)(H4,51,52,53)/t19-,20-,21-,22+,23+,24+,25+,26+,27+,28+,33+,34+,35+/m1/s1. The van der Waals surface area contributed by atoms with Crippen LogP contribution in [0.3, 0.4) is 0 Å². The van der Waals surface area contributed by atoms with Crippen molar-refractivity contribution in [3.63, 3.8) is 0 Å². The molecule has 0 aromatic carbocycles. The Morgan fingerprint density at radius 2 is 0.852 bits per heavy atom. The number of nitrogens with one attached hydrogen (secondary N) is 9. The molecule has 0 aliphatic heterocycles. The van der Waals surface area contributed by atoms with E-state index in [-0.39, 0.29) is 38.1 Å². The highest BCUT2D eigenvalue weighted by Crippen LogP contribution is 2.09. The quantitative estimate of drug-likeness (QED) is 0.0117. The van der Waals surface area contributed by atoms with E-state index in [1.54, 1.807) is 0 Å². The van der Waals surface area contributed by atoms with Crippen molar-refractivity contribution in [1.82, 2.24) is 47.9 Å². The molecule has 13 atom stereocenters. The largest absolute Gasteiger partial charge is 0.481 e. The molecule has 0 saturated carbocycles. The minimum atomic E-state index is -2.06. The minimum Gasteiger partial charge on any atom is -0.481 e. The lowest BCUT2D eigenvalue weighted by Crippen LogP contribution is -2.63. The number of carboxylic acid groups (broad SMARTS) is 1. The summed E-state index contributed by atoms with van der Waals surface area (Å²) < 4.78 is 0. The van der Waals surface area contributed by atoms with Gasteiger partial charge in [0, 0.05) is 19.4 Å². The zero-order chi connectivity index (χ0) is 62.3. The maximum absolute atomic E-state index is 13.8. The second kappa shape index (κ2) is 37.6. The van der Waals surface area contributed by atoms with Crippen LogP contribution in [0.25, 0.3) is 0 Å². The monoisotopic (exact) mass is 1160 g/mol. The normalized spacial score (nSPS) is 15.8. The molecule has 12 amide bonds. The summed E-state index contributed by atoms with van der Waals surface area (Å²) in [6, 6.07) is -17.8. The van der Waals surface area contributed by atoms with E-state index in [1.807, 2.05) is 5.32 Å². The Balaban J connectivity index is 6.70. The summed E-state index contributed by atoms with van der Waals surface area (Å²) in [5.74, 6) is -16.2. The number of guanidine groups is 1. The number of aliphatic imine (C=N–C) groups is 1. The van der Waals surface area contributed by atoms with Crippen LogP contribution in [0, 0.1) is 0 Å². The van der Waals surface area contributed by atoms with Crippen LogP contribution in [-0.2, 0) is 67.1 Å². The van der Waals surface area contributed by atoms with Gasteiger partial charge >= 0.3 is 5.97 Å². The van der Waals surface area contributed by atoms with Crippen LogP contribution in [0.15, 0.2) is 4.99 Å². The number of rotatable bonds is 41. The van der Waals surface area contributed by atoms with Crippen LogP contribution >= 0.6 is 0 Å². The predicted molar refractivity (Wildman–Crippen MR) is 279 cm³/mol. The third kappa shape index (κ3) is 29.0. The molecular formula is C45H79N17O19. The van der Waals surface area contributed by atoms with Gasteiger partial charge in [0.2, 0.25) is 70.9 Å². The van der Waals surface area contributed by atoms with E-state index >= 15 is 0 Å². The SMILES string of the molecule is C[C@@H](O)[C@H](NC(=O)[C@H](CCC(N)=O)NC(=O)[C@@H](NC(=O)[C@H](CCC(N)=O)NC(=O)[C@H](CO)NC(=O)[C@H](CC(N)=O)NC(=O)[C@H](CCCN=C(N)N)NC(=O)[C@@H](NC(=O)[C@@H](N)CCCCN)[C@@H](C)O)[C@@H](C)O)C(=O)N[C@H](C=O)CC(=O)O. The first-order valence-electron chi connectivity index (χ1n) is 25.2. The maximum atomic E-state index is 13.8. The Labute approximate surface area is 463 Å². The molecule has 0 spiro atoms. The van der Waals surface area contributed by atoms with Gasteiger partial charge in [-0.25, -0.2) is 0 Å². The van der Waals surface area contributed by atoms with E-state index < -0.39 is 201 Å². The molecule has 0 radical (unpaired) electrons. The highest BCUT2D eigenvalue weighted by atomic mass is 16.4. The molecule has 0 aliphatic carbocycles. The molecule has 36 heteroatoms. The number of carboxylic acids is 1. The first-order chi connectivity index (χ1) is 37.8. The van der Waals surface area contributed by atoms with Gasteiger partial charge < -0.3 is 118 Å². The number of carbonyl (C=O) groups is 14. The lowest BCUT2D eigenvalue weighted by Gasteiger charge is -2.29. The average molecular weight is 1160 g/mol. The fraction of sp³-hybridized carbons (Fsp3) is 0.667. The van der Waals surface area contributed by atoms with Crippen LogP contribution in [0.1, 0.15) is 91.4 Å². The predicted octanol–water partition coefficient (Wildman–Crippen LogP) is -11.9. The van der Waals surface area contributed by atoms with Crippen molar-refractivity contribution < 1.29 is 92.7 Å². The number of amides is 12. The number of nitrogens with zero attached hydrogens (tertiary/aromatic N) is 1. The average Bonchev–Trinajstić information content (AvgIpc) is 3.40. The van der Waals surface area contributed by atoms with Gasteiger partial charge in [-0.2, -0.15) is 0 Å². The number of aliphatic hydroxyl groups excluding tert-OH is 4. The topological polar surface area (TPSA) is 643 Å². The van der Waals surface area contributed by atoms with Gasteiger partial charge in [-0.15, -0.1) is 0 Å². The summed E-state index contributed by atoms with van der Waals surface area (Å²) in [6.07, 6.45) is -8.59. The number of aliphatic hydroxyl groups is 4. The second-order valence-electron chi connectivity index (χ2n) is 18.5. The smallest absolute Gasteiger partial charge is 0.305 e. The molecule has 81 heavy (non-hydrogen) atoms. The number of carbonyl (C=O) groups excluding carboxylic acids is 13. The highest BCUT2D eigenvalue weighted by Gasteiger charge is 2.38. The summed E-state index contributed by atoms with van der Waals surface area (Å²) in [5, 5.41) is 70.0. The summed E-state index contributed by atoms with van der Waals surface area (Å²) in [6.45, 7) is 2.12. The van der Waals surface area contributed by atoms with Crippen LogP contribution in [0.4, 0.5) is 0 Å². The Morgan fingerprint density at radius 1 is 0.469 bits per heavy atom. The number of aliphatic carboxylic acids is 1. The molecule has 0 heterocycles. The van der Waals surface area contributed by atoms with E-state index in [4.69, 9.17) is 45.2 Å². The van der Waals surface area contributed by atoms with Crippen LogP contribution in [0.2, 0.25) is 0 Å². The Hall–Kier alpha value is -8.19. The number of hydrogen-bond acceptors (Lipinski definition) is 21. The zero-order valence-electron chi connectivity index (χ0n) is 44.9. The molecule has 0 rings (SSSR count). The van der Waals surface area contributed by atoms with Gasteiger partial charge in [-0.1, -0.05) is 6.42 Å². The second-order valence-corrected chi connectivity index (χ2v) is 18.5. The third-order valence-corrected chi connectivity index (χ3v) is 11.4. The van der Waals surface area contributed by atoms with Crippen molar-refractivity contribution in [1.29, 1.82) is 0 Å². The molecule has 458 valence electrons. The number of nitrogens with two attached hydrogens (primary N) is 7. The van der Waals surface area contributed by atoms with Crippen LogP contribution in [0.5, 0.6) is 0 Å². The molecule has 0 unspecified atom stereocenters. The summed E-state index contributed by atoms with van der Waals surface area (Å²) >= 11 is 0. The first kappa shape index (κ1) is 72.8. The number of hydrogen-bond donors (Lipinski definition) is 21. The maximum Gasteiger partial charge on any atom is 0.305 e. The van der Waals surface area contributed by atoms with E-state index in [9.17, 15) is 87.5 Å². The van der Waals surface area contributed by atoms with E-state index in [0.717, 1.165) is 20.8 Å². The number of unbranched alkanes of at least 4 members (excludes halogenated alkanes) is 1. The van der Waals surface area contributed by atoms with Crippen molar-refractivity contribution >= 4 is 89.1 Å². The first-order valence-corrected chi connectivity index (χ1v) is 25.2. The fourth-order valence-corrected chi connectivity index (χ4v) is 7.04. The fourth-order valence-electron chi connectivity index (χ4n) is 7.04. The van der Waals surface area contributed by atoms with Gasteiger partial charge in [0.25, 0.3) is 0 Å². The lowest BCUT2D eigenvalue weighted by atomic mass is 10.0. The Kier molecular flexibility index (Phi) is 33.8. The summed E-state index contributed by atoms with van der Waals surface area (Å²) in [5.41, 5.74) is 38.1. The van der Waals surface area contributed by atoms with Crippen molar-refractivity contribution in [3.8, 4) is 0 Å². The van der Waals surface area contributed by atoms with E-state index in [2.05, 4.69) is 47.5 Å². The molecule has 0 saturated heterocycles. The van der Waals surface area contributed by atoms with Crippen molar-refractivity contribution in [3.05, 3.63) is 0 Å². The molecule has 0 aromatic heterocycles. The molecule has 0 aliphatic rings. The van der Waals surface area contributed by atoms with Crippen LogP contribution < -0.4 is 88.0 Å². The highest BCUT2D eigenvalue weighted by molar-refractivity contribution is 6.00. The van der Waals surface area contributed by atoms with Gasteiger partial charge in [-0.3, -0.25) is 67.3 Å². The Morgan fingerprint density at radius 3 is 1.25 bits per heavy atom. The molecule has 0 bridgehead atoms. The number of aldehydes is 1. The van der Waals surface area contributed by atoms with Gasteiger partial charge in [0.05, 0.1) is 49.8 Å². The number of primary amides is 3. The van der Waals surface area contributed by atoms with Crippen LogP contribution in [-0.4, -0.2) is 213 Å². The zero-order valence-corrected chi connectivity index (χ0v) is 44.9. The van der Waals surface area contributed by atoms with Crippen molar-refractivity contribution in [2.45, 2.75) is 170 Å². The molecule has 0 aromatic rings. The molecule has 36 nitrogen and oxygen atoms in total. The third-order valence-electron chi connectivity index (χ3n) is 11.4. The van der Waals surface area contributed by atoms with Crippen molar-refractivity contribution in [2.75, 3.05) is 19.7 Å². The molecule has 28 N–H and O–H groups in total. The van der Waals surface area contributed by atoms with Gasteiger partial charge in [0.15, 0.2) is 5.96 Å². The summed E-state index contributed by atoms with van der Waals surface area (Å²) in [7, 11) is 0. The van der Waals surface area contributed by atoms with Gasteiger partial charge in [0.1, 0.15) is 54.6 Å². The molecular weight excluding hydrogens is 1080 g/mol. The van der Waals surface area contributed by atoms with E-state index in [0.29, 0.717) is 19.4 Å². The lowest BCUT2D eigenvalue weighted by molar-refractivity contribution is -0.140. The minimum absolute atomic E-state index is 0.0210. The van der Waals surface area contributed by atoms with Gasteiger partial charge in [-0.05, 0) is 65.8 Å². The van der Waals surface area contributed by atoms with Crippen molar-refractivity contribution in [2.24, 2.45) is 45.1 Å².